The van der Waals surface area contributed by atoms with Gasteiger partial charge in [-0.1, -0.05) is 90.0 Å². The number of hydrogen-bond donors (Lipinski definition) is 2. The Bertz CT molecular complexity index is 1600. The Labute approximate surface area is 436 Å². The first kappa shape index (κ1) is 65.4. The molecular weight excluding hydrogens is 895 g/mol. The van der Waals surface area contributed by atoms with Crippen LogP contribution in [0.25, 0.3) is 0 Å². The van der Waals surface area contributed by atoms with E-state index in [9.17, 15) is 4.79 Å². The number of carbonyl (C=O) groups is 1. The third-order valence-corrected chi connectivity index (χ3v) is 17.1. The highest BCUT2D eigenvalue weighted by molar-refractivity contribution is 5.73. The van der Waals surface area contributed by atoms with Crippen molar-refractivity contribution in [2.75, 3.05) is 112 Å². The van der Waals surface area contributed by atoms with E-state index >= 15 is 0 Å². The quantitative estimate of drug-likeness (QED) is 0.259. The van der Waals surface area contributed by atoms with E-state index in [1.54, 1.807) is 6.92 Å². The molecule has 14 nitrogen and oxygen atoms in total. The smallest absolute Gasteiger partial charge is 0.219 e. The van der Waals surface area contributed by atoms with Gasteiger partial charge in [0.15, 0.2) is 0 Å². The zero-order valence-corrected chi connectivity index (χ0v) is 50.0. The maximum absolute atomic E-state index is 11.2. The average Bonchev–Trinajstić information content (AvgIpc) is 3.81. The van der Waals surface area contributed by atoms with Crippen LogP contribution in [0.3, 0.4) is 0 Å². The van der Waals surface area contributed by atoms with E-state index in [0.717, 1.165) is 117 Å². The summed E-state index contributed by atoms with van der Waals surface area (Å²) in [4.78, 5) is 22.4. The molecule has 0 saturated carbocycles. The molecule has 6 aliphatic rings. The third kappa shape index (κ3) is 19.7. The van der Waals surface area contributed by atoms with E-state index < -0.39 is 0 Å². The van der Waals surface area contributed by atoms with Gasteiger partial charge in [-0.15, -0.1) is 0 Å². The number of carbonyl (C=O) groups excluding carboxylic acids is 1. The minimum absolute atomic E-state index is 0.0581. The largest absolute Gasteiger partial charge is 0.372 e. The van der Waals surface area contributed by atoms with Crippen LogP contribution in [-0.4, -0.2) is 176 Å². The second-order valence-corrected chi connectivity index (χ2v) is 24.4. The van der Waals surface area contributed by atoms with Crippen LogP contribution in [-0.2, 0) is 45.4 Å². The first-order valence-electron chi connectivity index (χ1n) is 27.9. The van der Waals surface area contributed by atoms with Gasteiger partial charge in [0.1, 0.15) is 11.4 Å². The molecule has 5 saturated heterocycles. The van der Waals surface area contributed by atoms with Crippen molar-refractivity contribution in [3.8, 4) is 0 Å². The molecule has 7 heterocycles. The molecule has 418 valence electrons. The van der Waals surface area contributed by atoms with Crippen LogP contribution in [0.5, 0.6) is 0 Å². The summed E-state index contributed by atoms with van der Waals surface area (Å²) in [5.74, 6) is 4.49. The van der Waals surface area contributed by atoms with Gasteiger partial charge >= 0.3 is 0 Å². The fraction of sp³-hybridized carbons (Fsp3) is 0.930. The first-order chi connectivity index (χ1) is 32.9. The number of nitrogens with one attached hydrogen (secondary N) is 2. The monoisotopic (exact) mass is 1010 g/mol. The van der Waals surface area contributed by atoms with Gasteiger partial charge in [-0.3, -0.25) is 14.6 Å². The number of imidazole rings is 1. The summed E-state index contributed by atoms with van der Waals surface area (Å²) in [6.45, 7) is 64.5. The van der Waals surface area contributed by atoms with Gasteiger partial charge in [-0.05, 0) is 97.4 Å². The summed E-state index contributed by atoms with van der Waals surface area (Å²) in [5, 5.41) is 6.66. The molecule has 1 aromatic heterocycles. The Hall–Kier alpha value is -1.72. The molecular formula is C57H113N7O7. The van der Waals surface area contributed by atoms with Crippen LogP contribution in [0, 0.1) is 35.5 Å². The lowest BCUT2D eigenvalue weighted by Gasteiger charge is -2.44. The Kier molecular flexibility index (Phi) is 27.2. The minimum atomic E-state index is -0.207. The number of fused-ring (bicyclic) bond motifs is 1. The lowest BCUT2D eigenvalue weighted by atomic mass is 9.90. The number of likely N-dealkylation sites (N-methyl/N-ethyl adjacent to an activating group) is 1. The predicted octanol–water partition coefficient (Wildman–Crippen LogP) is 9.00. The molecule has 14 heteroatoms. The van der Waals surface area contributed by atoms with Crippen molar-refractivity contribution < 1.29 is 33.2 Å². The molecule has 6 aliphatic heterocycles. The topological polar surface area (TPSA) is 124 Å². The van der Waals surface area contributed by atoms with E-state index in [1.807, 2.05) is 17.3 Å². The van der Waals surface area contributed by atoms with E-state index in [4.69, 9.17) is 28.4 Å². The second-order valence-electron chi connectivity index (χ2n) is 24.4. The molecule has 0 aromatic carbocycles. The van der Waals surface area contributed by atoms with Gasteiger partial charge in [-0.25, -0.2) is 4.98 Å². The highest BCUT2D eigenvalue weighted by Gasteiger charge is 2.40. The molecule has 7 rings (SSSR count). The van der Waals surface area contributed by atoms with Crippen molar-refractivity contribution in [3.63, 3.8) is 0 Å². The van der Waals surface area contributed by atoms with E-state index in [1.165, 1.54) is 0 Å². The molecule has 0 radical (unpaired) electrons. The van der Waals surface area contributed by atoms with Gasteiger partial charge in [0.25, 0.3) is 0 Å². The molecule has 1 aromatic rings. The van der Waals surface area contributed by atoms with E-state index in [2.05, 4.69) is 175 Å². The normalized spacial score (nSPS) is 31.6. The standard InChI is InChI=1S/C11H23NO.C10H16N2O.C10H19NO2.C10H21NO.2C8H17NO/c1-9(2)11(5)8-12(10(3)4)6-7-13-11;1-8(2)10(3)9-11-4-5-12(9)6-7-13-10;1-8(2)10(4)7-11(9(3)12)5-6-13-10;1-5-11-6-7-12-10(4,8-11)9(2)3;2*1-7(2)8(3)6-9-4-5-10-8/h9-10H,6-8H2,1-5H3;4-5,8H,6-7H2,1-3H3;8H,5-7H2,1-4H3;9H,5-8H2,1-4H3;2*7,9H,4-6H2,1-3H3/t11-;;2*10-;8-;/m0.000./s1. The van der Waals surface area contributed by atoms with Crippen molar-refractivity contribution in [2.24, 2.45) is 35.5 Å². The third-order valence-electron chi connectivity index (χ3n) is 17.1. The first-order valence-corrected chi connectivity index (χ1v) is 27.9. The van der Waals surface area contributed by atoms with Crippen LogP contribution < -0.4 is 10.6 Å². The average molecular weight is 1010 g/mol. The number of hydrogen-bond acceptors (Lipinski definition) is 12. The maximum atomic E-state index is 11.2. The highest BCUT2D eigenvalue weighted by Crippen LogP contribution is 2.35. The van der Waals surface area contributed by atoms with Crippen LogP contribution >= 0.6 is 0 Å². The van der Waals surface area contributed by atoms with Gasteiger partial charge in [0, 0.05) is 97.4 Å². The van der Waals surface area contributed by atoms with Gasteiger partial charge in [-0.2, -0.15) is 0 Å². The van der Waals surface area contributed by atoms with Crippen molar-refractivity contribution in [1.29, 1.82) is 0 Å². The van der Waals surface area contributed by atoms with Crippen LogP contribution in [0.2, 0.25) is 0 Å². The van der Waals surface area contributed by atoms with Crippen molar-refractivity contribution in [1.82, 2.24) is 34.9 Å². The predicted molar refractivity (Wildman–Crippen MR) is 293 cm³/mol. The molecule has 0 aliphatic carbocycles. The number of rotatable bonds is 8. The number of amides is 1. The summed E-state index contributed by atoms with van der Waals surface area (Å²) in [6, 6.07) is 0.641. The SMILES string of the molecule is CC(=O)N1CCO[C@](C)(C(C)C)C1.CC(C)C1(C)CNCCO1.CC(C)C1(C)OCCn2ccnc21.CC(C)N1CCO[C@](C)(C(C)C)C1.CC(C)[C@]1(C)CNCCO1.CCN1CCO[C@](C)(C(C)C)C1. The number of nitrogens with zero attached hydrogens (tertiary/aromatic N) is 5. The lowest BCUT2D eigenvalue weighted by Crippen LogP contribution is -2.54. The van der Waals surface area contributed by atoms with E-state index in [-0.39, 0.29) is 39.5 Å². The second kappa shape index (κ2) is 29.5. The maximum Gasteiger partial charge on any atom is 0.219 e. The van der Waals surface area contributed by atoms with Crippen molar-refractivity contribution in [3.05, 3.63) is 18.2 Å². The van der Waals surface area contributed by atoms with Crippen LogP contribution in [0.1, 0.15) is 158 Å². The Balaban J connectivity index is 0.000000293. The minimum Gasteiger partial charge on any atom is -0.372 e. The van der Waals surface area contributed by atoms with Crippen molar-refractivity contribution in [2.45, 2.75) is 199 Å². The Morgan fingerprint density at radius 3 is 1.37 bits per heavy atom. The molecule has 6 atom stereocenters. The molecule has 0 bridgehead atoms. The molecule has 0 spiro atoms. The summed E-state index contributed by atoms with van der Waals surface area (Å²) < 4.78 is 36.7. The zero-order valence-electron chi connectivity index (χ0n) is 50.0. The van der Waals surface area contributed by atoms with Gasteiger partial charge in [0.05, 0.1) is 67.6 Å². The number of aromatic nitrogens is 2. The summed E-state index contributed by atoms with van der Waals surface area (Å²) in [6.07, 6.45) is 3.88. The van der Waals surface area contributed by atoms with Crippen molar-refractivity contribution >= 4 is 5.91 Å². The van der Waals surface area contributed by atoms with Gasteiger partial charge in [0.2, 0.25) is 5.91 Å². The zero-order chi connectivity index (χ0) is 54.0. The fourth-order valence-corrected chi connectivity index (χ4v) is 8.82. The summed E-state index contributed by atoms with van der Waals surface area (Å²) >= 11 is 0. The molecule has 1 amide bonds. The van der Waals surface area contributed by atoms with Crippen LogP contribution in [0.15, 0.2) is 12.4 Å². The Morgan fingerprint density at radius 1 is 0.549 bits per heavy atom. The Morgan fingerprint density at radius 2 is 0.972 bits per heavy atom. The molecule has 71 heavy (non-hydrogen) atoms. The number of morpholine rings is 5. The van der Waals surface area contributed by atoms with Crippen LogP contribution in [0.4, 0.5) is 0 Å². The summed E-state index contributed by atoms with van der Waals surface area (Å²) in [5.41, 5.74) is -0.0983. The molecule has 2 N–H and O–H groups in total. The van der Waals surface area contributed by atoms with Gasteiger partial charge < -0.3 is 48.5 Å². The fourth-order valence-electron chi connectivity index (χ4n) is 8.82. The molecule has 5 fully saturated rings. The van der Waals surface area contributed by atoms with E-state index in [0.29, 0.717) is 48.2 Å². The lowest BCUT2D eigenvalue weighted by molar-refractivity contribution is -0.153. The highest BCUT2D eigenvalue weighted by atomic mass is 16.5. The number of ether oxygens (including phenoxy) is 6. The summed E-state index contributed by atoms with van der Waals surface area (Å²) in [7, 11) is 0. The molecule has 2 unspecified atom stereocenters.